The van der Waals surface area contributed by atoms with E-state index >= 15 is 0 Å². The normalized spacial score (nSPS) is 12.1. The standard InChI is InChI=1S/C17H12ClF5N6/c18-11-3-1-10(2-4-11)13-7-14(15(19)20)26-16(25-13)27-24-8-12-5-6-29(28-12)9-17(21,22)23/h1-8,15H,9H2,(H,25,26,27)/b24-8+. The Kier molecular flexibility index (Phi) is 6.06. The molecule has 0 fully saturated rings. The molecule has 0 aliphatic carbocycles. The Hall–Kier alpha value is -3.08. The minimum atomic E-state index is -4.40. The number of alkyl halides is 5. The molecule has 6 nitrogen and oxygen atoms in total. The maximum absolute atomic E-state index is 13.1. The van der Waals surface area contributed by atoms with E-state index in [0.29, 0.717) is 15.3 Å². The van der Waals surface area contributed by atoms with Crippen molar-refractivity contribution in [2.75, 3.05) is 5.43 Å². The van der Waals surface area contributed by atoms with E-state index in [1.54, 1.807) is 24.3 Å². The lowest BCUT2D eigenvalue weighted by Gasteiger charge is -2.07. The molecule has 29 heavy (non-hydrogen) atoms. The zero-order valence-corrected chi connectivity index (χ0v) is 15.2. The SMILES string of the molecule is FC(F)c1cc(-c2ccc(Cl)cc2)nc(N/N=C/c2ccn(CC(F)(F)F)n2)n1. The smallest absolute Gasteiger partial charge is 0.263 e. The van der Waals surface area contributed by atoms with Gasteiger partial charge in [0.25, 0.3) is 6.43 Å². The van der Waals surface area contributed by atoms with Crippen molar-refractivity contribution in [3.63, 3.8) is 0 Å². The van der Waals surface area contributed by atoms with Crippen molar-refractivity contribution < 1.29 is 22.0 Å². The van der Waals surface area contributed by atoms with Crippen LogP contribution in [0.5, 0.6) is 0 Å². The number of hydrazone groups is 1. The first-order chi connectivity index (χ1) is 13.7. The molecule has 0 bridgehead atoms. The predicted octanol–water partition coefficient (Wildman–Crippen LogP) is 4.94. The van der Waals surface area contributed by atoms with Crippen molar-refractivity contribution in [2.24, 2.45) is 5.10 Å². The van der Waals surface area contributed by atoms with E-state index < -0.39 is 24.8 Å². The first-order valence-electron chi connectivity index (χ1n) is 8.02. The minimum absolute atomic E-state index is 0.129. The van der Waals surface area contributed by atoms with Gasteiger partial charge >= 0.3 is 6.18 Å². The molecule has 0 saturated heterocycles. The second-order valence-corrected chi connectivity index (χ2v) is 6.17. The summed E-state index contributed by atoms with van der Waals surface area (Å²) in [6, 6.07) is 8.85. The van der Waals surface area contributed by atoms with Gasteiger partial charge in [0.2, 0.25) is 5.95 Å². The summed E-state index contributed by atoms with van der Waals surface area (Å²) in [6.45, 7) is -1.24. The summed E-state index contributed by atoms with van der Waals surface area (Å²) in [5, 5.41) is 7.90. The van der Waals surface area contributed by atoms with Crippen molar-refractivity contribution >= 4 is 23.8 Å². The van der Waals surface area contributed by atoms with Crippen LogP contribution < -0.4 is 5.43 Å². The summed E-state index contributed by atoms with van der Waals surface area (Å²) in [7, 11) is 0. The van der Waals surface area contributed by atoms with Crippen LogP contribution in [0, 0.1) is 0 Å². The van der Waals surface area contributed by atoms with Gasteiger partial charge in [-0.1, -0.05) is 23.7 Å². The molecule has 152 valence electrons. The second-order valence-electron chi connectivity index (χ2n) is 5.73. The number of hydrogen-bond acceptors (Lipinski definition) is 5. The summed E-state index contributed by atoms with van der Waals surface area (Å²) in [5.74, 6) is -0.210. The van der Waals surface area contributed by atoms with Crippen LogP contribution in [0.1, 0.15) is 17.8 Å². The summed E-state index contributed by atoms with van der Waals surface area (Å²) < 4.78 is 64.0. The lowest BCUT2D eigenvalue weighted by Crippen LogP contribution is -2.18. The third-order valence-electron chi connectivity index (χ3n) is 3.47. The molecule has 0 radical (unpaired) electrons. The van der Waals surface area contributed by atoms with Crippen molar-refractivity contribution in [3.05, 3.63) is 59.0 Å². The Morgan fingerprint density at radius 3 is 2.52 bits per heavy atom. The van der Waals surface area contributed by atoms with Crippen molar-refractivity contribution in [1.82, 2.24) is 19.7 Å². The highest BCUT2D eigenvalue weighted by atomic mass is 35.5. The van der Waals surface area contributed by atoms with E-state index in [1.165, 1.54) is 6.07 Å². The van der Waals surface area contributed by atoms with Crippen LogP contribution in [0.3, 0.4) is 0 Å². The number of aromatic nitrogens is 4. The Labute approximate surface area is 166 Å². The Morgan fingerprint density at radius 1 is 1.14 bits per heavy atom. The Morgan fingerprint density at radius 2 is 1.86 bits per heavy atom. The van der Waals surface area contributed by atoms with E-state index in [9.17, 15) is 22.0 Å². The van der Waals surface area contributed by atoms with Crippen LogP contribution in [-0.4, -0.2) is 32.1 Å². The number of nitrogens with zero attached hydrogens (tertiary/aromatic N) is 5. The molecule has 0 spiro atoms. The highest BCUT2D eigenvalue weighted by Gasteiger charge is 2.28. The van der Waals surface area contributed by atoms with Gasteiger partial charge in [0.1, 0.15) is 17.9 Å². The van der Waals surface area contributed by atoms with E-state index in [1.807, 2.05) is 0 Å². The zero-order valence-electron chi connectivity index (χ0n) is 14.4. The topological polar surface area (TPSA) is 68.0 Å². The van der Waals surface area contributed by atoms with Gasteiger partial charge in [-0.15, -0.1) is 0 Å². The summed E-state index contributed by atoms with van der Waals surface area (Å²) in [6.07, 6.45) is -4.98. The van der Waals surface area contributed by atoms with E-state index in [0.717, 1.165) is 18.5 Å². The molecule has 3 rings (SSSR count). The summed E-state index contributed by atoms with van der Waals surface area (Å²) in [4.78, 5) is 7.79. The van der Waals surface area contributed by atoms with Crippen molar-refractivity contribution in [2.45, 2.75) is 19.1 Å². The number of anilines is 1. The fourth-order valence-electron chi connectivity index (χ4n) is 2.27. The van der Waals surface area contributed by atoms with E-state index in [2.05, 4.69) is 25.6 Å². The molecule has 2 heterocycles. The van der Waals surface area contributed by atoms with Crippen LogP contribution in [0.2, 0.25) is 5.02 Å². The molecule has 12 heteroatoms. The van der Waals surface area contributed by atoms with Gasteiger partial charge in [0, 0.05) is 16.8 Å². The number of hydrogen-bond donors (Lipinski definition) is 1. The lowest BCUT2D eigenvalue weighted by molar-refractivity contribution is -0.142. The molecular weight excluding hydrogens is 419 g/mol. The fourth-order valence-corrected chi connectivity index (χ4v) is 2.40. The number of benzene rings is 1. The lowest BCUT2D eigenvalue weighted by atomic mass is 10.1. The van der Waals surface area contributed by atoms with Crippen LogP contribution in [0.15, 0.2) is 47.7 Å². The number of nitrogens with one attached hydrogen (secondary N) is 1. The van der Waals surface area contributed by atoms with Gasteiger partial charge in [0.15, 0.2) is 0 Å². The average molecular weight is 431 g/mol. The van der Waals surface area contributed by atoms with Gasteiger partial charge in [-0.2, -0.15) is 23.4 Å². The van der Waals surface area contributed by atoms with E-state index in [-0.39, 0.29) is 17.3 Å². The van der Waals surface area contributed by atoms with Gasteiger partial charge in [0.05, 0.1) is 11.9 Å². The predicted molar refractivity (Wildman–Crippen MR) is 96.9 cm³/mol. The molecule has 3 aromatic rings. The molecule has 0 amide bonds. The molecule has 0 atom stereocenters. The average Bonchev–Trinajstić information content (AvgIpc) is 3.07. The van der Waals surface area contributed by atoms with Crippen LogP contribution in [0.25, 0.3) is 11.3 Å². The molecule has 0 unspecified atom stereocenters. The molecule has 2 aromatic heterocycles. The maximum Gasteiger partial charge on any atom is 0.408 e. The summed E-state index contributed by atoms with van der Waals surface area (Å²) in [5.41, 5.74) is 2.76. The monoisotopic (exact) mass is 430 g/mol. The highest BCUT2D eigenvalue weighted by molar-refractivity contribution is 6.30. The third-order valence-corrected chi connectivity index (χ3v) is 3.73. The van der Waals surface area contributed by atoms with Gasteiger partial charge in [-0.25, -0.2) is 24.2 Å². The quantitative estimate of drug-likeness (QED) is 0.342. The number of rotatable bonds is 6. The van der Waals surface area contributed by atoms with Crippen LogP contribution in [0.4, 0.5) is 27.9 Å². The molecular formula is C17H12ClF5N6. The van der Waals surface area contributed by atoms with Gasteiger partial charge in [-0.05, 0) is 24.3 Å². The highest BCUT2D eigenvalue weighted by Crippen LogP contribution is 2.25. The largest absolute Gasteiger partial charge is 0.408 e. The molecule has 1 aromatic carbocycles. The summed E-state index contributed by atoms with van der Waals surface area (Å²) >= 11 is 5.82. The first-order valence-corrected chi connectivity index (χ1v) is 8.40. The second kappa shape index (κ2) is 8.52. The Bertz CT molecular complexity index is 1000. The molecule has 0 aliphatic heterocycles. The fraction of sp³-hybridized carbons (Fsp3) is 0.176. The van der Waals surface area contributed by atoms with Crippen molar-refractivity contribution in [1.29, 1.82) is 0 Å². The molecule has 1 N–H and O–H groups in total. The third kappa shape index (κ3) is 5.95. The molecule has 0 aliphatic rings. The minimum Gasteiger partial charge on any atom is -0.263 e. The molecule has 0 saturated carbocycles. The Balaban J connectivity index is 1.78. The van der Waals surface area contributed by atoms with Crippen molar-refractivity contribution in [3.8, 4) is 11.3 Å². The first kappa shape index (κ1) is 20.6. The van der Waals surface area contributed by atoms with Crippen LogP contribution in [-0.2, 0) is 6.54 Å². The van der Waals surface area contributed by atoms with Gasteiger partial charge < -0.3 is 0 Å². The zero-order chi connectivity index (χ0) is 21.0. The number of halogens is 6. The van der Waals surface area contributed by atoms with E-state index in [4.69, 9.17) is 11.6 Å². The van der Waals surface area contributed by atoms with Crippen LogP contribution >= 0.6 is 11.6 Å². The van der Waals surface area contributed by atoms with Gasteiger partial charge in [-0.3, -0.25) is 4.68 Å². The maximum atomic E-state index is 13.1.